The van der Waals surface area contributed by atoms with Gasteiger partial charge in [-0.2, -0.15) is 0 Å². The Morgan fingerprint density at radius 2 is 1.81 bits per heavy atom. The number of nitrogens with zero attached hydrogens (tertiary/aromatic N) is 2. The maximum absolute atomic E-state index is 13.5. The van der Waals surface area contributed by atoms with Gasteiger partial charge < -0.3 is 14.8 Å². The number of phenolic OH excluding ortho intramolecular Hbond substituents is 2. The Kier molecular flexibility index (Phi) is 3.05. The second-order valence-electron chi connectivity index (χ2n) is 5.24. The SMILES string of the molecule is CC(C)n1c(-c2ccc(O)c(O)c2)nc2ccc(F)cc21. The summed E-state index contributed by atoms with van der Waals surface area (Å²) in [6, 6.07) is 9.06. The molecule has 0 radical (unpaired) electrons. The van der Waals surface area contributed by atoms with Crippen molar-refractivity contribution in [1.29, 1.82) is 0 Å². The average molecular weight is 286 g/mol. The molecule has 0 aliphatic rings. The Bertz CT molecular complexity index is 825. The van der Waals surface area contributed by atoms with E-state index >= 15 is 0 Å². The summed E-state index contributed by atoms with van der Waals surface area (Å²) in [5.74, 6) is -0.0802. The molecule has 0 fully saturated rings. The number of aromatic nitrogens is 2. The summed E-state index contributed by atoms with van der Waals surface area (Å²) in [6.07, 6.45) is 0. The number of fused-ring (bicyclic) bond motifs is 1. The van der Waals surface area contributed by atoms with Gasteiger partial charge in [-0.1, -0.05) is 0 Å². The smallest absolute Gasteiger partial charge is 0.158 e. The van der Waals surface area contributed by atoms with Crippen molar-refractivity contribution in [3.63, 3.8) is 0 Å². The molecule has 0 aliphatic heterocycles. The number of hydrogen-bond acceptors (Lipinski definition) is 3. The molecule has 0 unspecified atom stereocenters. The summed E-state index contributed by atoms with van der Waals surface area (Å²) in [4.78, 5) is 4.52. The van der Waals surface area contributed by atoms with Crippen LogP contribution in [-0.4, -0.2) is 19.8 Å². The Morgan fingerprint density at radius 1 is 1.05 bits per heavy atom. The van der Waals surface area contributed by atoms with Gasteiger partial charge in [0, 0.05) is 11.6 Å². The first kappa shape index (κ1) is 13.4. The highest BCUT2D eigenvalue weighted by molar-refractivity contribution is 5.81. The lowest BCUT2D eigenvalue weighted by molar-refractivity contribution is 0.404. The van der Waals surface area contributed by atoms with Crippen LogP contribution in [-0.2, 0) is 0 Å². The van der Waals surface area contributed by atoms with Gasteiger partial charge in [-0.15, -0.1) is 0 Å². The molecule has 2 aromatic carbocycles. The van der Waals surface area contributed by atoms with Gasteiger partial charge in [0.25, 0.3) is 0 Å². The van der Waals surface area contributed by atoms with Crippen LogP contribution in [0.1, 0.15) is 19.9 Å². The van der Waals surface area contributed by atoms with E-state index in [1.807, 2.05) is 18.4 Å². The van der Waals surface area contributed by atoms with Crippen molar-refractivity contribution in [2.75, 3.05) is 0 Å². The molecule has 0 amide bonds. The van der Waals surface area contributed by atoms with Gasteiger partial charge in [0.2, 0.25) is 0 Å². The molecule has 0 aliphatic carbocycles. The van der Waals surface area contributed by atoms with Crippen LogP contribution in [0, 0.1) is 5.82 Å². The molecule has 4 nitrogen and oxygen atoms in total. The largest absolute Gasteiger partial charge is 0.504 e. The van der Waals surface area contributed by atoms with Crippen molar-refractivity contribution in [1.82, 2.24) is 9.55 Å². The van der Waals surface area contributed by atoms with E-state index in [0.29, 0.717) is 22.4 Å². The number of imidazole rings is 1. The standard InChI is InChI=1S/C16H15FN2O2/c1-9(2)19-13-8-11(17)4-5-12(13)18-16(19)10-3-6-14(20)15(21)7-10/h3-9,20-21H,1-2H3. The third kappa shape index (κ3) is 2.20. The molecular weight excluding hydrogens is 271 g/mol. The quantitative estimate of drug-likeness (QED) is 0.704. The molecule has 2 N–H and O–H groups in total. The molecule has 108 valence electrons. The highest BCUT2D eigenvalue weighted by Crippen LogP contribution is 2.33. The van der Waals surface area contributed by atoms with Crippen molar-refractivity contribution < 1.29 is 14.6 Å². The summed E-state index contributed by atoms with van der Waals surface area (Å²) >= 11 is 0. The van der Waals surface area contributed by atoms with Crippen LogP contribution in [0.5, 0.6) is 11.5 Å². The lowest BCUT2D eigenvalue weighted by atomic mass is 10.2. The van der Waals surface area contributed by atoms with Crippen molar-refractivity contribution in [3.05, 3.63) is 42.2 Å². The third-order valence-corrected chi connectivity index (χ3v) is 3.40. The summed E-state index contributed by atoms with van der Waals surface area (Å²) in [5, 5.41) is 19.1. The van der Waals surface area contributed by atoms with Gasteiger partial charge in [0.15, 0.2) is 11.5 Å². The molecule has 21 heavy (non-hydrogen) atoms. The second kappa shape index (κ2) is 4.77. The molecule has 0 atom stereocenters. The van der Waals surface area contributed by atoms with E-state index in [-0.39, 0.29) is 23.4 Å². The van der Waals surface area contributed by atoms with Crippen LogP contribution < -0.4 is 0 Å². The second-order valence-corrected chi connectivity index (χ2v) is 5.24. The molecule has 0 spiro atoms. The zero-order valence-electron chi connectivity index (χ0n) is 11.7. The average Bonchev–Trinajstić information content (AvgIpc) is 2.80. The summed E-state index contributed by atoms with van der Waals surface area (Å²) in [7, 11) is 0. The summed E-state index contributed by atoms with van der Waals surface area (Å²) < 4.78 is 15.4. The maximum atomic E-state index is 13.5. The first-order valence-electron chi connectivity index (χ1n) is 6.67. The minimum atomic E-state index is -0.315. The molecule has 1 heterocycles. The fourth-order valence-electron chi connectivity index (χ4n) is 2.46. The Morgan fingerprint density at radius 3 is 2.48 bits per heavy atom. The normalized spacial score (nSPS) is 11.4. The number of phenols is 2. The first-order chi connectivity index (χ1) is 9.97. The van der Waals surface area contributed by atoms with Gasteiger partial charge in [-0.3, -0.25) is 0 Å². The van der Waals surface area contributed by atoms with E-state index in [2.05, 4.69) is 4.98 Å². The lowest BCUT2D eigenvalue weighted by Gasteiger charge is -2.13. The van der Waals surface area contributed by atoms with Crippen LogP contribution in [0.25, 0.3) is 22.4 Å². The van der Waals surface area contributed by atoms with Gasteiger partial charge in [0.05, 0.1) is 11.0 Å². The molecule has 3 aromatic rings. The summed E-state index contributed by atoms with van der Waals surface area (Å²) in [5.41, 5.74) is 2.05. The van der Waals surface area contributed by atoms with Crippen LogP contribution in [0.15, 0.2) is 36.4 Å². The molecule has 5 heteroatoms. The third-order valence-electron chi connectivity index (χ3n) is 3.40. The first-order valence-corrected chi connectivity index (χ1v) is 6.67. The highest BCUT2D eigenvalue weighted by Gasteiger charge is 2.16. The number of halogens is 1. The topological polar surface area (TPSA) is 58.3 Å². The fraction of sp³-hybridized carbons (Fsp3) is 0.188. The lowest BCUT2D eigenvalue weighted by Crippen LogP contribution is -2.03. The molecule has 3 rings (SSSR count). The number of rotatable bonds is 2. The minimum absolute atomic E-state index is 0.0720. The number of benzene rings is 2. The van der Waals surface area contributed by atoms with Crippen molar-refractivity contribution in [2.24, 2.45) is 0 Å². The molecule has 1 aromatic heterocycles. The Balaban J connectivity index is 2.30. The van der Waals surface area contributed by atoms with E-state index in [9.17, 15) is 14.6 Å². The van der Waals surface area contributed by atoms with Crippen molar-refractivity contribution in [2.45, 2.75) is 19.9 Å². The molecule has 0 bridgehead atoms. The molecule has 0 saturated carbocycles. The highest BCUT2D eigenvalue weighted by atomic mass is 19.1. The van der Waals surface area contributed by atoms with E-state index in [4.69, 9.17) is 0 Å². The maximum Gasteiger partial charge on any atom is 0.158 e. The Hall–Kier alpha value is -2.56. The molecule has 0 saturated heterocycles. The van der Waals surface area contributed by atoms with E-state index in [1.54, 1.807) is 12.1 Å². The predicted octanol–water partition coefficient (Wildman–Crippen LogP) is 3.83. The van der Waals surface area contributed by atoms with Gasteiger partial charge >= 0.3 is 0 Å². The van der Waals surface area contributed by atoms with Crippen LogP contribution in [0.4, 0.5) is 4.39 Å². The van der Waals surface area contributed by atoms with Gasteiger partial charge in [-0.05, 0) is 50.2 Å². The van der Waals surface area contributed by atoms with E-state index < -0.39 is 0 Å². The fourth-order valence-corrected chi connectivity index (χ4v) is 2.46. The predicted molar refractivity (Wildman–Crippen MR) is 78.8 cm³/mol. The van der Waals surface area contributed by atoms with E-state index in [1.165, 1.54) is 24.3 Å². The Labute approximate surface area is 121 Å². The zero-order chi connectivity index (χ0) is 15.1. The number of hydrogen-bond donors (Lipinski definition) is 2. The van der Waals surface area contributed by atoms with Crippen LogP contribution in [0.2, 0.25) is 0 Å². The van der Waals surface area contributed by atoms with Crippen molar-refractivity contribution in [3.8, 4) is 22.9 Å². The van der Waals surface area contributed by atoms with E-state index in [0.717, 1.165) is 0 Å². The van der Waals surface area contributed by atoms with Gasteiger partial charge in [0.1, 0.15) is 11.6 Å². The van der Waals surface area contributed by atoms with Gasteiger partial charge in [-0.25, -0.2) is 9.37 Å². The van der Waals surface area contributed by atoms with Crippen molar-refractivity contribution >= 4 is 11.0 Å². The van der Waals surface area contributed by atoms with Crippen LogP contribution in [0.3, 0.4) is 0 Å². The zero-order valence-corrected chi connectivity index (χ0v) is 11.7. The van der Waals surface area contributed by atoms with Crippen LogP contribution >= 0.6 is 0 Å². The molecular formula is C16H15FN2O2. The minimum Gasteiger partial charge on any atom is -0.504 e. The monoisotopic (exact) mass is 286 g/mol. The summed E-state index contributed by atoms with van der Waals surface area (Å²) in [6.45, 7) is 3.96. The number of aromatic hydroxyl groups is 2.